The fourth-order valence-corrected chi connectivity index (χ4v) is 5.55. The molecule has 1 rings (SSSR count). The first kappa shape index (κ1) is 22.3. The van der Waals surface area contributed by atoms with Gasteiger partial charge in [-0.3, -0.25) is 9.35 Å². The Morgan fingerprint density at radius 1 is 1.16 bits per heavy atom. The standard InChI is InChI=1S/C15H24N2O5S3/c16-12(8-9-25(20,21)22)14(24-23-10-13(17)15(18)19)7-6-11-4-2-1-3-5-11/h1-5,12-14H,6-10,16-17H2,(H,18,19)(H,20,21,22). The number of rotatable bonds is 12. The fraction of sp³-hybridized carbons (Fsp3) is 0.533. The maximum Gasteiger partial charge on any atom is 0.321 e. The first-order valence-electron chi connectivity index (χ1n) is 7.70. The average molecular weight is 409 g/mol. The molecular weight excluding hydrogens is 384 g/mol. The van der Waals surface area contributed by atoms with Crippen molar-refractivity contribution >= 4 is 37.7 Å². The van der Waals surface area contributed by atoms with Crippen molar-refractivity contribution in [1.82, 2.24) is 0 Å². The molecule has 25 heavy (non-hydrogen) atoms. The minimum Gasteiger partial charge on any atom is -0.480 e. The third-order valence-corrected chi connectivity index (χ3v) is 7.28. The Balaban J connectivity index is 2.59. The Bertz CT molecular complexity index is 627. The van der Waals surface area contributed by atoms with E-state index in [1.165, 1.54) is 21.6 Å². The van der Waals surface area contributed by atoms with Crippen molar-refractivity contribution in [2.24, 2.45) is 11.5 Å². The topological polar surface area (TPSA) is 144 Å². The van der Waals surface area contributed by atoms with E-state index in [9.17, 15) is 13.2 Å². The van der Waals surface area contributed by atoms with Crippen molar-refractivity contribution in [3.8, 4) is 0 Å². The van der Waals surface area contributed by atoms with Crippen LogP contribution >= 0.6 is 21.6 Å². The van der Waals surface area contributed by atoms with Crippen molar-refractivity contribution in [3.63, 3.8) is 0 Å². The Hall–Kier alpha value is -0.780. The SMILES string of the molecule is NC(CSSC(CCc1ccccc1)C(N)CCS(=O)(=O)O)C(=O)O. The number of carbonyl (C=O) groups is 1. The molecule has 0 aliphatic carbocycles. The van der Waals surface area contributed by atoms with E-state index in [2.05, 4.69) is 0 Å². The zero-order valence-corrected chi connectivity index (χ0v) is 16.1. The zero-order valence-electron chi connectivity index (χ0n) is 13.7. The van der Waals surface area contributed by atoms with Gasteiger partial charge in [-0.1, -0.05) is 51.9 Å². The Labute approximate surface area is 156 Å². The number of hydrogen-bond acceptors (Lipinski definition) is 7. The van der Waals surface area contributed by atoms with Crippen LogP contribution in [0.5, 0.6) is 0 Å². The summed E-state index contributed by atoms with van der Waals surface area (Å²) >= 11 is 0. The molecule has 0 saturated carbocycles. The van der Waals surface area contributed by atoms with Crippen LogP contribution in [0.4, 0.5) is 0 Å². The highest BCUT2D eigenvalue weighted by Gasteiger charge is 2.22. The summed E-state index contributed by atoms with van der Waals surface area (Å²) in [6.07, 6.45) is 1.61. The predicted octanol–water partition coefficient (Wildman–Crippen LogP) is 1.39. The van der Waals surface area contributed by atoms with E-state index >= 15 is 0 Å². The minimum absolute atomic E-state index is 0.0899. The highest BCUT2D eigenvalue weighted by atomic mass is 33.1. The maximum atomic E-state index is 10.9. The molecule has 0 fully saturated rings. The van der Waals surface area contributed by atoms with Gasteiger partial charge in [-0.15, -0.1) is 0 Å². The normalized spacial score (nSPS) is 15.5. The summed E-state index contributed by atoms with van der Waals surface area (Å²) in [5.74, 6) is -1.23. The van der Waals surface area contributed by atoms with Crippen molar-refractivity contribution in [3.05, 3.63) is 35.9 Å². The van der Waals surface area contributed by atoms with Crippen LogP contribution in [0.1, 0.15) is 18.4 Å². The Morgan fingerprint density at radius 2 is 1.80 bits per heavy atom. The van der Waals surface area contributed by atoms with Gasteiger partial charge >= 0.3 is 5.97 Å². The van der Waals surface area contributed by atoms with Crippen LogP contribution in [0.15, 0.2) is 30.3 Å². The molecule has 0 amide bonds. The van der Waals surface area contributed by atoms with Gasteiger partial charge in [0.05, 0.1) is 5.75 Å². The van der Waals surface area contributed by atoms with Crippen LogP contribution in [-0.4, -0.2) is 52.9 Å². The van der Waals surface area contributed by atoms with Crippen LogP contribution in [-0.2, 0) is 21.3 Å². The van der Waals surface area contributed by atoms with Crippen molar-refractivity contribution < 1.29 is 22.9 Å². The van der Waals surface area contributed by atoms with Crippen LogP contribution < -0.4 is 11.5 Å². The summed E-state index contributed by atoms with van der Waals surface area (Å²) in [5.41, 5.74) is 12.7. The monoisotopic (exact) mass is 408 g/mol. The van der Waals surface area contributed by atoms with E-state index in [4.69, 9.17) is 21.1 Å². The number of carboxylic acid groups (broad SMARTS) is 1. The molecule has 1 aromatic carbocycles. The lowest BCUT2D eigenvalue weighted by Crippen LogP contribution is -2.35. The largest absolute Gasteiger partial charge is 0.480 e. The van der Waals surface area contributed by atoms with Gasteiger partial charge in [0.15, 0.2) is 0 Å². The lowest BCUT2D eigenvalue weighted by molar-refractivity contribution is -0.137. The Kier molecular flexibility index (Phi) is 9.83. The van der Waals surface area contributed by atoms with Gasteiger partial charge in [0.2, 0.25) is 0 Å². The number of aliphatic carboxylic acids is 1. The molecule has 10 heteroatoms. The van der Waals surface area contributed by atoms with Gasteiger partial charge in [0, 0.05) is 17.0 Å². The minimum atomic E-state index is -4.06. The summed E-state index contributed by atoms with van der Waals surface area (Å²) in [7, 11) is -1.33. The van der Waals surface area contributed by atoms with Gasteiger partial charge in [-0.2, -0.15) is 8.42 Å². The molecule has 0 radical (unpaired) electrons. The van der Waals surface area contributed by atoms with Gasteiger partial charge < -0.3 is 16.6 Å². The highest BCUT2D eigenvalue weighted by Crippen LogP contribution is 2.32. The number of benzene rings is 1. The molecular formula is C15H24N2O5S3. The molecule has 0 aliphatic heterocycles. The lowest BCUT2D eigenvalue weighted by Gasteiger charge is -2.23. The summed E-state index contributed by atoms with van der Waals surface area (Å²) in [5, 5.41) is 8.73. The average Bonchev–Trinajstić information content (AvgIpc) is 2.55. The molecule has 0 aliphatic rings. The first-order valence-corrected chi connectivity index (χ1v) is 11.7. The number of hydrogen-bond donors (Lipinski definition) is 4. The molecule has 3 atom stereocenters. The second-order valence-corrected chi connectivity index (χ2v) is 9.85. The maximum absolute atomic E-state index is 10.9. The molecule has 6 N–H and O–H groups in total. The van der Waals surface area contributed by atoms with Crippen LogP contribution in [0.2, 0.25) is 0 Å². The number of nitrogens with two attached hydrogens (primary N) is 2. The molecule has 142 valence electrons. The van der Waals surface area contributed by atoms with Crippen molar-refractivity contribution in [2.45, 2.75) is 36.6 Å². The van der Waals surface area contributed by atoms with E-state index in [0.29, 0.717) is 6.42 Å². The predicted molar refractivity (Wildman–Crippen MR) is 103 cm³/mol. The van der Waals surface area contributed by atoms with Crippen LogP contribution in [0, 0.1) is 0 Å². The smallest absolute Gasteiger partial charge is 0.321 e. The van der Waals surface area contributed by atoms with E-state index in [-0.39, 0.29) is 17.4 Å². The van der Waals surface area contributed by atoms with Gasteiger partial charge in [0.1, 0.15) is 6.04 Å². The molecule has 0 bridgehead atoms. The van der Waals surface area contributed by atoms with Crippen LogP contribution in [0.25, 0.3) is 0 Å². The molecule has 0 aromatic heterocycles. The van der Waals surface area contributed by atoms with Crippen molar-refractivity contribution in [1.29, 1.82) is 0 Å². The first-order chi connectivity index (χ1) is 11.7. The third-order valence-electron chi connectivity index (χ3n) is 3.50. The van der Waals surface area contributed by atoms with Crippen molar-refractivity contribution in [2.75, 3.05) is 11.5 Å². The highest BCUT2D eigenvalue weighted by molar-refractivity contribution is 8.77. The Morgan fingerprint density at radius 3 is 2.36 bits per heavy atom. The molecule has 3 unspecified atom stereocenters. The zero-order chi connectivity index (χ0) is 18.9. The molecule has 1 aromatic rings. The molecule has 7 nitrogen and oxygen atoms in total. The van der Waals surface area contributed by atoms with E-state index in [1.807, 2.05) is 30.3 Å². The molecule has 0 saturated heterocycles. The summed E-state index contributed by atoms with van der Waals surface area (Å²) in [4.78, 5) is 10.8. The van der Waals surface area contributed by atoms with Gasteiger partial charge in [-0.25, -0.2) is 0 Å². The quantitative estimate of drug-likeness (QED) is 0.298. The number of carboxylic acids is 1. The molecule has 0 spiro atoms. The van der Waals surface area contributed by atoms with E-state index in [0.717, 1.165) is 12.0 Å². The van der Waals surface area contributed by atoms with Gasteiger partial charge in [0.25, 0.3) is 10.1 Å². The fourth-order valence-electron chi connectivity index (χ4n) is 2.03. The van der Waals surface area contributed by atoms with Crippen LogP contribution in [0.3, 0.4) is 0 Å². The van der Waals surface area contributed by atoms with E-state index in [1.54, 1.807) is 0 Å². The molecule has 0 heterocycles. The second-order valence-electron chi connectivity index (χ2n) is 5.63. The second kappa shape index (κ2) is 11.0. The third kappa shape index (κ3) is 10.1. The summed E-state index contributed by atoms with van der Waals surface area (Å²) in [6, 6.07) is 8.41. The summed E-state index contributed by atoms with van der Waals surface area (Å²) < 4.78 is 30.7. The van der Waals surface area contributed by atoms with Gasteiger partial charge in [-0.05, 0) is 24.8 Å². The lowest BCUT2D eigenvalue weighted by atomic mass is 10.0. The number of aryl methyl sites for hydroxylation is 1. The van der Waals surface area contributed by atoms with E-state index < -0.39 is 33.9 Å². The summed E-state index contributed by atoms with van der Waals surface area (Å²) in [6.45, 7) is 0.